The van der Waals surface area contributed by atoms with Crippen LogP contribution in [0.1, 0.15) is 60.8 Å². The van der Waals surface area contributed by atoms with E-state index in [4.69, 9.17) is 0 Å². The summed E-state index contributed by atoms with van der Waals surface area (Å²) in [5.41, 5.74) is 0.562. The van der Waals surface area contributed by atoms with Gasteiger partial charge in [0.15, 0.2) is 0 Å². The average Bonchev–Trinajstić information content (AvgIpc) is 2.26. The summed E-state index contributed by atoms with van der Waals surface area (Å²) in [4.78, 5) is 16.7. The fourth-order valence-electron chi connectivity index (χ4n) is 2.55. The number of rotatable bonds is 3. The lowest BCUT2D eigenvalue weighted by Gasteiger charge is -2.42. The molecule has 1 amide bonds. The Morgan fingerprint density at radius 3 is 1.89 bits per heavy atom. The summed E-state index contributed by atoms with van der Waals surface area (Å²) in [7, 11) is 0. The Morgan fingerprint density at radius 2 is 1.47 bits per heavy atom. The molecule has 1 saturated heterocycles. The van der Waals surface area contributed by atoms with Gasteiger partial charge in [-0.2, -0.15) is 0 Å². The van der Waals surface area contributed by atoms with E-state index in [1.807, 2.05) is 4.90 Å². The molecule has 1 aliphatic rings. The van der Waals surface area contributed by atoms with Crippen LogP contribution in [-0.4, -0.2) is 47.4 Å². The summed E-state index contributed by atoms with van der Waals surface area (Å²) < 4.78 is 0. The molecule has 0 N–H and O–H groups in total. The minimum atomic E-state index is 0.224. The minimum Gasteiger partial charge on any atom is -0.340 e. The molecule has 0 aliphatic carbocycles. The summed E-state index contributed by atoms with van der Waals surface area (Å²) >= 11 is 0. The first-order valence-corrected chi connectivity index (χ1v) is 7.62. The monoisotopic (exact) mass is 268 g/mol. The van der Waals surface area contributed by atoms with Gasteiger partial charge >= 0.3 is 0 Å². The molecule has 1 heterocycles. The van der Waals surface area contributed by atoms with Gasteiger partial charge in [-0.25, -0.2) is 0 Å². The Labute approximate surface area is 119 Å². The number of piperazine rings is 1. The molecule has 1 fully saturated rings. The third-order valence-corrected chi connectivity index (χ3v) is 3.90. The van der Waals surface area contributed by atoms with Crippen LogP contribution in [-0.2, 0) is 4.79 Å². The zero-order valence-electron chi connectivity index (χ0n) is 13.8. The zero-order valence-corrected chi connectivity index (χ0v) is 13.8. The lowest BCUT2D eigenvalue weighted by atomic mass is 9.90. The van der Waals surface area contributed by atoms with Crippen LogP contribution in [0, 0.1) is 5.41 Å². The average molecular weight is 268 g/mol. The van der Waals surface area contributed by atoms with Gasteiger partial charge in [0.2, 0.25) is 5.91 Å². The van der Waals surface area contributed by atoms with Crippen molar-refractivity contribution in [2.75, 3.05) is 26.2 Å². The van der Waals surface area contributed by atoms with Gasteiger partial charge in [-0.05, 0) is 39.0 Å². The van der Waals surface area contributed by atoms with E-state index in [0.29, 0.717) is 17.7 Å². The van der Waals surface area contributed by atoms with E-state index in [0.717, 1.165) is 39.0 Å². The number of amides is 1. The molecular formula is C16H32N2O. The number of carbonyl (C=O) groups is 1. The quantitative estimate of drug-likeness (QED) is 0.785. The maximum atomic E-state index is 12.1. The van der Waals surface area contributed by atoms with E-state index in [1.54, 1.807) is 0 Å². The van der Waals surface area contributed by atoms with E-state index in [2.05, 4.69) is 46.4 Å². The van der Waals surface area contributed by atoms with Gasteiger partial charge < -0.3 is 4.90 Å². The van der Waals surface area contributed by atoms with Crippen molar-refractivity contribution in [2.24, 2.45) is 5.41 Å². The Hall–Kier alpha value is -0.570. The molecule has 19 heavy (non-hydrogen) atoms. The van der Waals surface area contributed by atoms with Crippen LogP contribution in [0.2, 0.25) is 0 Å². The SMILES string of the molecule is CC(C)(C)CCCC(=O)N1CCN(C(C)(C)C)CC1. The van der Waals surface area contributed by atoms with E-state index in [9.17, 15) is 4.79 Å². The van der Waals surface area contributed by atoms with Crippen LogP contribution in [0.15, 0.2) is 0 Å². The fourth-order valence-corrected chi connectivity index (χ4v) is 2.55. The maximum absolute atomic E-state index is 12.1. The molecule has 1 aliphatic heterocycles. The largest absolute Gasteiger partial charge is 0.340 e. The summed E-state index contributed by atoms with van der Waals surface area (Å²) in [6.45, 7) is 17.2. The highest BCUT2D eigenvalue weighted by molar-refractivity contribution is 5.76. The van der Waals surface area contributed by atoms with Gasteiger partial charge in [-0.15, -0.1) is 0 Å². The smallest absolute Gasteiger partial charge is 0.222 e. The highest BCUT2D eigenvalue weighted by atomic mass is 16.2. The molecule has 0 aromatic heterocycles. The van der Waals surface area contributed by atoms with Crippen LogP contribution in [0.3, 0.4) is 0 Å². The topological polar surface area (TPSA) is 23.6 Å². The van der Waals surface area contributed by atoms with Crippen LogP contribution < -0.4 is 0 Å². The summed E-state index contributed by atoms with van der Waals surface area (Å²) in [5.74, 6) is 0.345. The van der Waals surface area contributed by atoms with E-state index in [1.165, 1.54) is 0 Å². The van der Waals surface area contributed by atoms with Gasteiger partial charge in [0.25, 0.3) is 0 Å². The third kappa shape index (κ3) is 5.94. The molecule has 0 unspecified atom stereocenters. The third-order valence-electron chi connectivity index (χ3n) is 3.90. The maximum Gasteiger partial charge on any atom is 0.222 e. The molecule has 1 rings (SSSR count). The summed E-state index contributed by atoms with van der Waals surface area (Å²) in [6, 6.07) is 0. The van der Waals surface area contributed by atoms with Gasteiger partial charge in [-0.3, -0.25) is 9.69 Å². The van der Waals surface area contributed by atoms with E-state index in [-0.39, 0.29) is 5.54 Å². The Morgan fingerprint density at radius 1 is 0.947 bits per heavy atom. The second kappa shape index (κ2) is 6.25. The van der Waals surface area contributed by atoms with Crippen LogP contribution in [0.5, 0.6) is 0 Å². The molecule has 0 aromatic rings. The van der Waals surface area contributed by atoms with Crippen molar-refractivity contribution in [3.8, 4) is 0 Å². The second-order valence-electron chi connectivity index (χ2n) is 7.95. The van der Waals surface area contributed by atoms with Crippen LogP contribution in [0.25, 0.3) is 0 Å². The number of hydrogen-bond donors (Lipinski definition) is 0. The first kappa shape index (κ1) is 16.5. The van der Waals surface area contributed by atoms with Gasteiger partial charge in [0.1, 0.15) is 0 Å². The normalized spacial score (nSPS) is 18.7. The first-order valence-electron chi connectivity index (χ1n) is 7.62. The Bertz CT molecular complexity index is 291. The van der Waals surface area contributed by atoms with Crippen molar-refractivity contribution in [1.29, 1.82) is 0 Å². The van der Waals surface area contributed by atoms with E-state index < -0.39 is 0 Å². The number of nitrogens with zero attached hydrogens (tertiary/aromatic N) is 2. The second-order valence-corrected chi connectivity index (χ2v) is 7.95. The molecule has 3 heteroatoms. The Balaban J connectivity index is 2.29. The standard InChI is InChI=1S/C16H32N2O/c1-15(2,3)9-7-8-14(19)17-10-12-18(13-11-17)16(4,5)6/h7-13H2,1-6H3. The first-order chi connectivity index (χ1) is 8.59. The molecule has 0 radical (unpaired) electrons. The molecule has 3 nitrogen and oxygen atoms in total. The Kier molecular flexibility index (Phi) is 5.43. The van der Waals surface area contributed by atoms with Gasteiger partial charge in [0, 0.05) is 38.1 Å². The van der Waals surface area contributed by atoms with Crippen molar-refractivity contribution in [1.82, 2.24) is 9.80 Å². The van der Waals surface area contributed by atoms with Crippen molar-refractivity contribution in [3.05, 3.63) is 0 Å². The van der Waals surface area contributed by atoms with E-state index >= 15 is 0 Å². The molecule has 0 spiro atoms. The predicted molar refractivity (Wildman–Crippen MR) is 81.2 cm³/mol. The predicted octanol–water partition coefficient (Wildman–Crippen LogP) is 3.15. The van der Waals surface area contributed by atoms with Gasteiger partial charge in [-0.1, -0.05) is 20.8 Å². The van der Waals surface area contributed by atoms with Crippen LogP contribution >= 0.6 is 0 Å². The number of carbonyl (C=O) groups excluding carboxylic acids is 1. The van der Waals surface area contributed by atoms with Crippen molar-refractivity contribution in [2.45, 2.75) is 66.3 Å². The number of hydrogen-bond acceptors (Lipinski definition) is 2. The van der Waals surface area contributed by atoms with Gasteiger partial charge in [0.05, 0.1) is 0 Å². The van der Waals surface area contributed by atoms with Crippen molar-refractivity contribution >= 4 is 5.91 Å². The van der Waals surface area contributed by atoms with Crippen molar-refractivity contribution < 1.29 is 4.79 Å². The summed E-state index contributed by atoms with van der Waals surface area (Å²) in [6.07, 6.45) is 2.86. The summed E-state index contributed by atoms with van der Waals surface area (Å²) in [5, 5.41) is 0. The molecule has 112 valence electrons. The lowest BCUT2D eigenvalue weighted by molar-refractivity contribution is -0.133. The van der Waals surface area contributed by atoms with Crippen LogP contribution in [0.4, 0.5) is 0 Å². The molecular weight excluding hydrogens is 236 g/mol. The molecule has 0 bridgehead atoms. The lowest BCUT2D eigenvalue weighted by Crippen LogP contribution is -2.54. The van der Waals surface area contributed by atoms with Crippen molar-refractivity contribution in [3.63, 3.8) is 0 Å². The fraction of sp³-hybridized carbons (Fsp3) is 0.938. The molecule has 0 saturated carbocycles. The minimum absolute atomic E-state index is 0.224. The molecule has 0 atom stereocenters. The molecule has 0 aromatic carbocycles. The zero-order chi connectivity index (χ0) is 14.7. The highest BCUT2D eigenvalue weighted by Gasteiger charge is 2.27. The highest BCUT2D eigenvalue weighted by Crippen LogP contribution is 2.22.